The minimum Gasteiger partial charge on any atom is -0.497 e. The topological polar surface area (TPSA) is 56.3 Å². The fourth-order valence-corrected chi connectivity index (χ4v) is 1.83. The molecule has 1 aromatic carbocycles. The number of aryl methyl sites for hydroxylation is 1. The van der Waals surface area contributed by atoms with Crippen LogP contribution in [0.3, 0.4) is 0 Å². The first kappa shape index (κ1) is 14.1. The number of ether oxygens (including phenoxy) is 2. The summed E-state index contributed by atoms with van der Waals surface area (Å²) < 4.78 is 10.2. The van der Waals surface area contributed by atoms with Gasteiger partial charge in [-0.05, 0) is 30.5 Å². The van der Waals surface area contributed by atoms with Crippen LogP contribution in [0.5, 0.6) is 11.6 Å². The van der Waals surface area contributed by atoms with Gasteiger partial charge in [-0.3, -0.25) is 0 Å². The van der Waals surface area contributed by atoms with E-state index in [2.05, 4.69) is 27.4 Å². The van der Waals surface area contributed by atoms with E-state index in [-0.39, 0.29) is 0 Å². The molecule has 0 saturated heterocycles. The Bertz CT molecular complexity index is 529. The molecule has 2 rings (SSSR count). The Hall–Kier alpha value is -2.30. The Balaban J connectivity index is 1.75. The standard InChI is InChI=1S/C15H19N3O2/c1-19-13-7-5-12(6-8-13)4-3-10-16-15-17-11-9-14(18-15)20-2/h5-9,11H,3-4,10H2,1-2H3,(H,16,17,18). The predicted octanol–water partition coefficient (Wildman–Crippen LogP) is 2.54. The van der Waals surface area contributed by atoms with Crippen molar-refractivity contribution in [1.29, 1.82) is 0 Å². The van der Waals surface area contributed by atoms with Crippen LogP contribution < -0.4 is 14.8 Å². The van der Waals surface area contributed by atoms with Gasteiger partial charge in [-0.15, -0.1) is 0 Å². The highest BCUT2D eigenvalue weighted by Crippen LogP contribution is 2.13. The Morgan fingerprint density at radius 1 is 1.05 bits per heavy atom. The van der Waals surface area contributed by atoms with E-state index in [9.17, 15) is 0 Å². The second-order valence-electron chi connectivity index (χ2n) is 4.30. The zero-order valence-electron chi connectivity index (χ0n) is 11.8. The molecule has 1 aromatic heterocycles. The van der Waals surface area contributed by atoms with Gasteiger partial charge >= 0.3 is 0 Å². The highest BCUT2D eigenvalue weighted by Gasteiger charge is 1.99. The van der Waals surface area contributed by atoms with Crippen LogP contribution in [0.15, 0.2) is 36.5 Å². The summed E-state index contributed by atoms with van der Waals surface area (Å²) in [6.07, 6.45) is 3.69. The molecule has 20 heavy (non-hydrogen) atoms. The first-order valence-electron chi connectivity index (χ1n) is 6.55. The van der Waals surface area contributed by atoms with Crippen molar-refractivity contribution in [3.05, 3.63) is 42.1 Å². The van der Waals surface area contributed by atoms with Gasteiger partial charge in [0.25, 0.3) is 0 Å². The SMILES string of the molecule is COc1ccc(CCCNc2nccc(OC)n2)cc1. The van der Waals surface area contributed by atoms with Crippen LogP contribution in [0.4, 0.5) is 5.95 Å². The average Bonchev–Trinajstić information content (AvgIpc) is 2.52. The number of methoxy groups -OCH3 is 2. The van der Waals surface area contributed by atoms with Gasteiger partial charge in [0.15, 0.2) is 0 Å². The third kappa shape index (κ3) is 4.12. The Morgan fingerprint density at radius 3 is 2.55 bits per heavy atom. The summed E-state index contributed by atoms with van der Waals surface area (Å²) in [6, 6.07) is 9.85. The molecule has 0 aliphatic heterocycles. The minimum absolute atomic E-state index is 0.567. The lowest BCUT2D eigenvalue weighted by Crippen LogP contribution is -2.06. The molecule has 1 N–H and O–H groups in total. The van der Waals surface area contributed by atoms with Crippen LogP contribution in [0.1, 0.15) is 12.0 Å². The van der Waals surface area contributed by atoms with Gasteiger partial charge in [-0.25, -0.2) is 4.98 Å². The summed E-state index contributed by atoms with van der Waals surface area (Å²) in [6.45, 7) is 0.819. The van der Waals surface area contributed by atoms with E-state index < -0.39 is 0 Å². The number of benzene rings is 1. The molecule has 5 heteroatoms. The predicted molar refractivity (Wildman–Crippen MR) is 78.4 cm³/mol. The van der Waals surface area contributed by atoms with E-state index in [1.165, 1.54) is 5.56 Å². The molecule has 0 spiro atoms. The summed E-state index contributed by atoms with van der Waals surface area (Å²) in [7, 11) is 3.27. The highest BCUT2D eigenvalue weighted by atomic mass is 16.5. The maximum atomic E-state index is 5.13. The summed E-state index contributed by atoms with van der Waals surface area (Å²) in [5.74, 6) is 2.05. The number of rotatable bonds is 7. The molecule has 0 aliphatic carbocycles. The van der Waals surface area contributed by atoms with Crippen molar-refractivity contribution in [1.82, 2.24) is 9.97 Å². The second kappa shape index (κ2) is 7.33. The summed E-state index contributed by atoms with van der Waals surface area (Å²) in [5.41, 5.74) is 1.29. The zero-order valence-corrected chi connectivity index (χ0v) is 11.8. The Kier molecular flexibility index (Phi) is 5.17. The van der Waals surface area contributed by atoms with Gasteiger partial charge in [0, 0.05) is 18.8 Å². The number of hydrogen-bond donors (Lipinski definition) is 1. The lowest BCUT2D eigenvalue weighted by Gasteiger charge is -2.06. The molecule has 5 nitrogen and oxygen atoms in total. The molecular weight excluding hydrogens is 254 g/mol. The molecule has 106 valence electrons. The van der Waals surface area contributed by atoms with E-state index in [1.807, 2.05) is 12.1 Å². The maximum Gasteiger partial charge on any atom is 0.225 e. The first-order valence-corrected chi connectivity index (χ1v) is 6.55. The van der Waals surface area contributed by atoms with Crippen molar-refractivity contribution in [2.24, 2.45) is 0 Å². The van der Waals surface area contributed by atoms with Gasteiger partial charge in [-0.2, -0.15) is 4.98 Å². The quantitative estimate of drug-likeness (QED) is 0.786. The number of anilines is 1. The molecule has 0 aliphatic rings. The van der Waals surface area contributed by atoms with Crippen molar-refractivity contribution < 1.29 is 9.47 Å². The fraction of sp³-hybridized carbons (Fsp3) is 0.333. The number of aromatic nitrogens is 2. The lowest BCUT2D eigenvalue weighted by atomic mass is 10.1. The summed E-state index contributed by atoms with van der Waals surface area (Å²) >= 11 is 0. The largest absolute Gasteiger partial charge is 0.497 e. The van der Waals surface area contributed by atoms with Crippen LogP contribution in [0, 0.1) is 0 Å². The van der Waals surface area contributed by atoms with Crippen molar-refractivity contribution in [2.75, 3.05) is 26.1 Å². The van der Waals surface area contributed by atoms with Gasteiger partial charge in [0.05, 0.1) is 14.2 Å². The molecule has 0 amide bonds. The van der Waals surface area contributed by atoms with Crippen LogP contribution in [-0.2, 0) is 6.42 Å². The van der Waals surface area contributed by atoms with Crippen LogP contribution in [-0.4, -0.2) is 30.7 Å². The van der Waals surface area contributed by atoms with E-state index in [4.69, 9.17) is 9.47 Å². The normalized spacial score (nSPS) is 10.1. The van der Waals surface area contributed by atoms with Crippen molar-refractivity contribution in [3.63, 3.8) is 0 Å². The van der Waals surface area contributed by atoms with Gasteiger partial charge in [0.2, 0.25) is 11.8 Å². The number of hydrogen-bond acceptors (Lipinski definition) is 5. The smallest absolute Gasteiger partial charge is 0.225 e. The maximum absolute atomic E-state index is 5.13. The van der Waals surface area contributed by atoms with E-state index >= 15 is 0 Å². The third-order valence-electron chi connectivity index (χ3n) is 2.92. The monoisotopic (exact) mass is 273 g/mol. The van der Waals surface area contributed by atoms with Crippen molar-refractivity contribution in [3.8, 4) is 11.6 Å². The molecular formula is C15H19N3O2. The first-order chi connectivity index (χ1) is 9.81. The highest BCUT2D eigenvalue weighted by molar-refractivity contribution is 5.28. The number of nitrogens with zero attached hydrogens (tertiary/aromatic N) is 2. The molecule has 1 heterocycles. The summed E-state index contributed by atoms with van der Waals surface area (Å²) in [4.78, 5) is 8.33. The fourth-order valence-electron chi connectivity index (χ4n) is 1.83. The summed E-state index contributed by atoms with van der Waals surface area (Å²) in [5, 5.41) is 3.19. The zero-order chi connectivity index (χ0) is 14.2. The molecule has 0 atom stereocenters. The molecule has 0 unspecified atom stereocenters. The van der Waals surface area contributed by atoms with E-state index in [1.54, 1.807) is 26.5 Å². The Morgan fingerprint density at radius 2 is 1.85 bits per heavy atom. The average molecular weight is 273 g/mol. The molecule has 2 aromatic rings. The van der Waals surface area contributed by atoms with Crippen molar-refractivity contribution >= 4 is 5.95 Å². The van der Waals surface area contributed by atoms with Gasteiger partial charge in [-0.1, -0.05) is 12.1 Å². The molecule has 0 bridgehead atoms. The minimum atomic E-state index is 0.567. The van der Waals surface area contributed by atoms with E-state index in [0.29, 0.717) is 11.8 Å². The van der Waals surface area contributed by atoms with Crippen LogP contribution in [0.25, 0.3) is 0 Å². The second-order valence-corrected chi connectivity index (χ2v) is 4.30. The van der Waals surface area contributed by atoms with Gasteiger partial charge in [0.1, 0.15) is 5.75 Å². The Labute approximate surface area is 119 Å². The van der Waals surface area contributed by atoms with Gasteiger partial charge < -0.3 is 14.8 Å². The van der Waals surface area contributed by atoms with Crippen LogP contribution >= 0.6 is 0 Å². The molecule has 0 fully saturated rings. The van der Waals surface area contributed by atoms with Crippen LogP contribution in [0.2, 0.25) is 0 Å². The molecule has 0 saturated carbocycles. The molecule has 0 radical (unpaired) electrons. The van der Waals surface area contributed by atoms with E-state index in [0.717, 1.165) is 25.1 Å². The number of nitrogens with one attached hydrogen (secondary N) is 1. The lowest BCUT2D eigenvalue weighted by molar-refractivity contribution is 0.397. The van der Waals surface area contributed by atoms with Crippen molar-refractivity contribution in [2.45, 2.75) is 12.8 Å². The third-order valence-corrected chi connectivity index (χ3v) is 2.92.